The van der Waals surface area contributed by atoms with E-state index in [1.807, 2.05) is 30.5 Å². The van der Waals surface area contributed by atoms with Crippen LogP contribution in [-0.2, 0) is 6.42 Å². The van der Waals surface area contributed by atoms with E-state index in [-0.39, 0.29) is 0 Å². The molecule has 0 aliphatic carbocycles. The van der Waals surface area contributed by atoms with Crippen LogP contribution in [0.2, 0.25) is 0 Å². The molecule has 25 heavy (non-hydrogen) atoms. The van der Waals surface area contributed by atoms with Crippen molar-refractivity contribution in [3.05, 3.63) is 72.7 Å². The number of H-pyrrole nitrogens is 1. The van der Waals surface area contributed by atoms with Gasteiger partial charge in [0.25, 0.3) is 0 Å². The summed E-state index contributed by atoms with van der Waals surface area (Å²) in [6, 6.07) is 16.6. The standard InChI is InChI=1S/C20H19N5/c1-2-5-15(6-3-1)7-4-10-21-20-14-22-19-11-16(8-9-18(19)25-20)17-12-23-24-13-17/h1-3,5-6,8-9,11-14H,4,7,10H2,(H,21,25)(H,23,24). The molecule has 5 nitrogen and oxygen atoms in total. The number of nitrogens with zero attached hydrogens (tertiary/aromatic N) is 3. The summed E-state index contributed by atoms with van der Waals surface area (Å²) in [5, 5.41) is 10.2. The number of hydrogen-bond acceptors (Lipinski definition) is 4. The lowest BCUT2D eigenvalue weighted by Gasteiger charge is -2.07. The molecule has 2 N–H and O–H groups in total. The third kappa shape index (κ3) is 3.66. The van der Waals surface area contributed by atoms with E-state index in [2.05, 4.69) is 49.7 Å². The Hall–Kier alpha value is -3.21. The van der Waals surface area contributed by atoms with E-state index in [1.54, 1.807) is 12.4 Å². The van der Waals surface area contributed by atoms with Crippen LogP contribution >= 0.6 is 0 Å². The Morgan fingerprint density at radius 3 is 2.68 bits per heavy atom. The Kier molecular flexibility index (Phi) is 4.37. The Morgan fingerprint density at radius 1 is 0.920 bits per heavy atom. The number of benzene rings is 2. The zero-order chi connectivity index (χ0) is 16.9. The fourth-order valence-electron chi connectivity index (χ4n) is 2.84. The number of aryl methyl sites for hydroxylation is 1. The summed E-state index contributed by atoms with van der Waals surface area (Å²) in [6.07, 6.45) is 7.59. The van der Waals surface area contributed by atoms with Gasteiger partial charge >= 0.3 is 0 Å². The molecule has 2 aromatic heterocycles. The Morgan fingerprint density at radius 2 is 1.84 bits per heavy atom. The molecule has 0 unspecified atom stereocenters. The van der Waals surface area contributed by atoms with Gasteiger partial charge in [0.2, 0.25) is 0 Å². The maximum atomic E-state index is 4.65. The van der Waals surface area contributed by atoms with Crippen molar-refractivity contribution in [3.63, 3.8) is 0 Å². The topological polar surface area (TPSA) is 66.5 Å². The minimum Gasteiger partial charge on any atom is -0.369 e. The first kappa shape index (κ1) is 15.3. The van der Waals surface area contributed by atoms with Crippen molar-refractivity contribution in [2.75, 3.05) is 11.9 Å². The van der Waals surface area contributed by atoms with E-state index in [9.17, 15) is 0 Å². The van der Waals surface area contributed by atoms with Gasteiger partial charge in [-0.25, -0.2) is 4.98 Å². The molecule has 4 aromatic rings. The van der Waals surface area contributed by atoms with Gasteiger partial charge in [-0.15, -0.1) is 0 Å². The molecule has 0 saturated heterocycles. The average molecular weight is 329 g/mol. The summed E-state index contributed by atoms with van der Waals surface area (Å²) in [5.74, 6) is 0.816. The van der Waals surface area contributed by atoms with E-state index in [1.165, 1.54) is 5.56 Å². The number of nitrogens with one attached hydrogen (secondary N) is 2. The molecule has 124 valence electrons. The van der Waals surface area contributed by atoms with E-state index in [0.717, 1.165) is 47.4 Å². The molecule has 5 heteroatoms. The van der Waals surface area contributed by atoms with Crippen LogP contribution in [0.4, 0.5) is 5.82 Å². The molecule has 0 radical (unpaired) electrons. The number of rotatable bonds is 6. The minimum atomic E-state index is 0.816. The molecule has 0 amide bonds. The lowest BCUT2D eigenvalue weighted by atomic mass is 10.1. The zero-order valence-electron chi connectivity index (χ0n) is 13.8. The first-order chi connectivity index (χ1) is 12.4. The highest BCUT2D eigenvalue weighted by Gasteiger charge is 2.04. The summed E-state index contributed by atoms with van der Waals surface area (Å²) >= 11 is 0. The van der Waals surface area contributed by atoms with Crippen LogP contribution in [0.15, 0.2) is 67.1 Å². The van der Waals surface area contributed by atoms with Gasteiger partial charge in [-0.2, -0.15) is 5.10 Å². The summed E-state index contributed by atoms with van der Waals surface area (Å²) in [4.78, 5) is 9.18. The van der Waals surface area contributed by atoms with Crippen molar-refractivity contribution in [1.82, 2.24) is 20.2 Å². The van der Waals surface area contributed by atoms with Crippen molar-refractivity contribution in [2.45, 2.75) is 12.8 Å². The van der Waals surface area contributed by atoms with Crippen LogP contribution < -0.4 is 5.32 Å². The van der Waals surface area contributed by atoms with E-state index < -0.39 is 0 Å². The Labute approximate surface area is 146 Å². The maximum Gasteiger partial charge on any atom is 0.145 e. The van der Waals surface area contributed by atoms with Crippen molar-refractivity contribution >= 4 is 16.9 Å². The van der Waals surface area contributed by atoms with Gasteiger partial charge < -0.3 is 5.32 Å². The number of hydrogen-bond donors (Lipinski definition) is 2. The third-order valence-corrected chi connectivity index (χ3v) is 4.16. The maximum absolute atomic E-state index is 4.65. The number of aromatic amines is 1. The predicted octanol–water partition coefficient (Wildman–Crippen LogP) is 4.06. The monoisotopic (exact) mass is 329 g/mol. The quantitative estimate of drug-likeness (QED) is 0.523. The highest BCUT2D eigenvalue weighted by Crippen LogP contribution is 2.22. The molecule has 0 atom stereocenters. The Bertz CT molecular complexity index is 948. The van der Waals surface area contributed by atoms with Crippen molar-refractivity contribution in [1.29, 1.82) is 0 Å². The molecule has 0 saturated carbocycles. The van der Waals surface area contributed by atoms with Gasteiger partial charge in [0.05, 0.1) is 23.4 Å². The molecule has 2 aromatic carbocycles. The number of aromatic nitrogens is 4. The molecule has 0 aliphatic heterocycles. The highest BCUT2D eigenvalue weighted by atomic mass is 15.1. The van der Waals surface area contributed by atoms with Crippen LogP contribution in [-0.4, -0.2) is 26.7 Å². The number of fused-ring (bicyclic) bond motifs is 1. The Balaban J connectivity index is 1.40. The van der Waals surface area contributed by atoms with Gasteiger partial charge in [-0.1, -0.05) is 36.4 Å². The van der Waals surface area contributed by atoms with Crippen molar-refractivity contribution < 1.29 is 0 Å². The lowest BCUT2D eigenvalue weighted by molar-refractivity contribution is 0.859. The fraction of sp³-hybridized carbons (Fsp3) is 0.150. The highest BCUT2D eigenvalue weighted by molar-refractivity contribution is 5.81. The van der Waals surface area contributed by atoms with Crippen LogP contribution in [0.5, 0.6) is 0 Å². The fourth-order valence-corrected chi connectivity index (χ4v) is 2.84. The first-order valence-electron chi connectivity index (χ1n) is 8.42. The van der Waals surface area contributed by atoms with E-state index >= 15 is 0 Å². The molecule has 0 bridgehead atoms. The SMILES string of the molecule is c1ccc(CCCNc2cnc3cc(-c4cn[nH]c4)ccc3n2)cc1. The second-order valence-electron chi connectivity index (χ2n) is 5.96. The molecule has 4 rings (SSSR count). The van der Waals surface area contributed by atoms with Gasteiger partial charge in [0.1, 0.15) is 5.82 Å². The third-order valence-electron chi connectivity index (χ3n) is 4.16. The summed E-state index contributed by atoms with van der Waals surface area (Å²) in [6.45, 7) is 0.877. The second-order valence-corrected chi connectivity index (χ2v) is 5.96. The molecule has 2 heterocycles. The van der Waals surface area contributed by atoms with Gasteiger partial charge in [0.15, 0.2) is 0 Å². The van der Waals surface area contributed by atoms with Crippen LogP contribution in [0.25, 0.3) is 22.2 Å². The summed E-state index contributed by atoms with van der Waals surface area (Å²) in [5.41, 5.74) is 5.26. The van der Waals surface area contributed by atoms with Crippen molar-refractivity contribution in [3.8, 4) is 11.1 Å². The van der Waals surface area contributed by atoms with Crippen LogP contribution in [0.3, 0.4) is 0 Å². The number of anilines is 1. The second kappa shape index (κ2) is 7.13. The summed E-state index contributed by atoms with van der Waals surface area (Å²) < 4.78 is 0. The van der Waals surface area contributed by atoms with Gasteiger partial charge in [-0.3, -0.25) is 10.1 Å². The molecule has 0 spiro atoms. The molecular weight excluding hydrogens is 310 g/mol. The zero-order valence-corrected chi connectivity index (χ0v) is 13.8. The van der Waals surface area contributed by atoms with Gasteiger partial charge in [-0.05, 0) is 36.1 Å². The minimum absolute atomic E-state index is 0.816. The van der Waals surface area contributed by atoms with E-state index in [0.29, 0.717) is 0 Å². The predicted molar refractivity (Wildman–Crippen MR) is 100 cm³/mol. The van der Waals surface area contributed by atoms with Gasteiger partial charge in [0, 0.05) is 18.3 Å². The smallest absolute Gasteiger partial charge is 0.145 e. The normalized spacial score (nSPS) is 10.9. The first-order valence-corrected chi connectivity index (χ1v) is 8.42. The van der Waals surface area contributed by atoms with Crippen LogP contribution in [0, 0.1) is 0 Å². The largest absolute Gasteiger partial charge is 0.369 e. The molecular formula is C20H19N5. The van der Waals surface area contributed by atoms with E-state index in [4.69, 9.17) is 0 Å². The lowest BCUT2D eigenvalue weighted by Crippen LogP contribution is -2.05. The van der Waals surface area contributed by atoms with Crippen molar-refractivity contribution in [2.24, 2.45) is 0 Å². The summed E-state index contributed by atoms with van der Waals surface area (Å²) in [7, 11) is 0. The van der Waals surface area contributed by atoms with Crippen LogP contribution in [0.1, 0.15) is 12.0 Å². The molecule has 0 aliphatic rings. The average Bonchev–Trinajstić information content (AvgIpc) is 3.20. The molecule has 0 fully saturated rings.